The minimum absolute atomic E-state index is 0.213. The molecular formula is C35H39NO10S. The molecule has 1 aliphatic rings. The van der Waals surface area contributed by atoms with Crippen LogP contribution in [0.4, 0.5) is 4.79 Å². The van der Waals surface area contributed by atoms with Crippen LogP contribution >= 0.6 is 11.8 Å². The SMILES string of the molecule is CC(C)(C)OC(=O)NC(C)(C)C(=O)OC[C@H]1O[C@@H](Sc2ccccc2)[C@H](OC(=O)c2ccccc2)[C@@H](OC(=O)c2ccccc2)[C@H]1O. The fourth-order valence-corrected chi connectivity index (χ4v) is 5.62. The van der Waals surface area contributed by atoms with Gasteiger partial charge in [0.05, 0.1) is 11.1 Å². The van der Waals surface area contributed by atoms with Crippen molar-refractivity contribution in [2.45, 2.75) is 80.5 Å². The summed E-state index contributed by atoms with van der Waals surface area (Å²) in [7, 11) is 0. The van der Waals surface area contributed by atoms with Gasteiger partial charge in [0.1, 0.15) is 35.4 Å². The summed E-state index contributed by atoms with van der Waals surface area (Å²) >= 11 is 1.18. The summed E-state index contributed by atoms with van der Waals surface area (Å²) in [4.78, 5) is 52.7. The summed E-state index contributed by atoms with van der Waals surface area (Å²) in [5.74, 6) is -2.31. The monoisotopic (exact) mass is 665 g/mol. The van der Waals surface area contributed by atoms with Gasteiger partial charge >= 0.3 is 24.0 Å². The van der Waals surface area contributed by atoms with Crippen molar-refractivity contribution < 1.29 is 48.0 Å². The highest BCUT2D eigenvalue weighted by Gasteiger charge is 2.51. The molecule has 11 nitrogen and oxygen atoms in total. The van der Waals surface area contributed by atoms with Crippen LogP contribution in [0, 0.1) is 0 Å². The van der Waals surface area contributed by atoms with Crippen molar-refractivity contribution in [1.29, 1.82) is 0 Å². The first-order chi connectivity index (χ1) is 22.2. The lowest BCUT2D eigenvalue weighted by Crippen LogP contribution is -2.61. The topological polar surface area (TPSA) is 147 Å². The maximum absolute atomic E-state index is 13.3. The number of esters is 3. The highest BCUT2D eigenvalue weighted by Crippen LogP contribution is 2.37. The van der Waals surface area contributed by atoms with E-state index >= 15 is 0 Å². The smallest absolute Gasteiger partial charge is 0.408 e. The second-order valence-electron chi connectivity index (χ2n) is 12.3. The number of amides is 1. The minimum Gasteiger partial charge on any atom is -0.461 e. The molecular weight excluding hydrogens is 626 g/mol. The van der Waals surface area contributed by atoms with E-state index in [4.69, 9.17) is 23.7 Å². The van der Waals surface area contributed by atoms with Gasteiger partial charge < -0.3 is 34.1 Å². The van der Waals surface area contributed by atoms with Crippen LogP contribution in [0.25, 0.3) is 0 Å². The molecule has 3 aromatic rings. The summed E-state index contributed by atoms with van der Waals surface area (Å²) in [6, 6.07) is 25.5. The number of ether oxygens (including phenoxy) is 5. The average molecular weight is 666 g/mol. The summed E-state index contributed by atoms with van der Waals surface area (Å²) in [6.45, 7) is 7.47. The quantitative estimate of drug-likeness (QED) is 0.219. The van der Waals surface area contributed by atoms with Crippen molar-refractivity contribution in [2.75, 3.05) is 6.61 Å². The lowest BCUT2D eigenvalue weighted by molar-refractivity contribution is -0.212. The van der Waals surface area contributed by atoms with Crippen LogP contribution in [0.2, 0.25) is 0 Å². The van der Waals surface area contributed by atoms with Gasteiger partial charge in [0.25, 0.3) is 0 Å². The van der Waals surface area contributed by atoms with Crippen LogP contribution in [0.15, 0.2) is 95.9 Å². The van der Waals surface area contributed by atoms with Gasteiger partial charge in [-0.15, -0.1) is 0 Å². The number of rotatable bonds is 10. The van der Waals surface area contributed by atoms with Crippen LogP contribution in [-0.4, -0.2) is 76.7 Å². The maximum Gasteiger partial charge on any atom is 0.408 e. The Kier molecular flexibility index (Phi) is 11.7. The zero-order chi connectivity index (χ0) is 34.2. The number of thioether (sulfide) groups is 1. The van der Waals surface area contributed by atoms with Gasteiger partial charge in [-0.3, -0.25) is 0 Å². The van der Waals surface area contributed by atoms with E-state index in [0.29, 0.717) is 0 Å². The molecule has 0 unspecified atom stereocenters. The molecule has 0 radical (unpaired) electrons. The third-order valence-corrected chi connectivity index (χ3v) is 7.98. The molecule has 1 fully saturated rings. The van der Waals surface area contributed by atoms with Gasteiger partial charge in [0, 0.05) is 4.90 Å². The van der Waals surface area contributed by atoms with E-state index in [1.807, 2.05) is 30.3 Å². The highest BCUT2D eigenvalue weighted by molar-refractivity contribution is 7.99. The van der Waals surface area contributed by atoms with Crippen molar-refractivity contribution in [2.24, 2.45) is 0 Å². The van der Waals surface area contributed by atoms with Crippen molar-refractivity contribution in [1.82, 2.24) is 5.32 Å². The summed E-state index contributed by atoms with van der Waals surface area (Å²) in [6.07, 6.45) is -6.35. The van der Waals surface area contributed by atoms with E-state index in [1.54, 1.807) is 81.4 Å². The molecule has 1 saturated heterocycles. The van der Waals surface area contributed by atoms with Crippen molar-refractivity contribution in [3.8, 4) is 0 Å². The Morgan fingerprint density at radius 3 is 1.77 bits per heavy atom. The van der Waals surface area contributed by atoms with E-state index in [-0.39, 0.29) is 11.1 Å². The van der Waals surface area contributed by atoms with Crippen LogP contribution in [0.3, 0.4) is 0 Å². The highest BCUT2D eigenvalue weighted by atomic mass is 32.2. The Balaban J connectivity index is 1.61. The number of benzene rings is 3. The van der Waals surface area contributed by atoms with E-state index in [0.717, 1.165) is 4.90 Å². The molecule has 0 saturated carbocycles. The van der Waals surface area contributed by atoms with Gasteiger partial charge in [-0.2, -0.15) is 0 Å². The lowest BCUT2D eigenvalue weighted by Gasteiger charge is -2.43. The van der Waals surface area contributed by atoms with E-state index in [2.05, 4.69) is 5.32 Å². The predicted molar refractivity (Wildman–Crippen MR) is 173 cm³/mol. The normalized spacial score (nSPS) is 21.2. The number of hydrogen-bond donors (Lipinski definition) is 2. The number of aliphatic hydroxyl groups is 1. The number of nitrogens with one attached hydrogen (secondary N) is 1. The minimum atomic E-state index is -1.60. The van der Waals surface area contributed by atoms with E-state index < -0.39 is 71.6 Å². The van der Waals surface area contributed by atoms with Gasteiger partial charge in [-0.05, 0) is 71.0 Å². The average Bonchev–Trinajstić information content (AvgIpc) is 3.03. The molecule has 4 rings (SSSR count). The molecule has 3 aromatic carbocycles. The molecule has 0 bridgehead atoms. The molecule has 0 spiro atoms. The lowest BCUT2D eigenvalue weighted by atomic mass is 9.99. The Morgan fingerprint density at radius 2 is 1.26 bits per heavy atom. The second kappa shape index (κ2) is 15.5. The Bertz CT molecular complexity index is 1510. The number of aliphatic hydroxyl groups excluding tert-OH is 1. The Labute approximate surface area is 277 Å². The van der Waals surface area contributed by atoms with Crippen LogP contribution in [-0.2, 0) is 28.5 Å². The molecule has 1 heterocycles. The van der Waals surface area contributed by atoms with Gasteiger partial charge in [0.2, 0.25) is 0 Å². The predicted octanol–water partition coefficient (Wildman–Crippen LogP) is 5.16. The fraction of sp³-hybridized carbons (Fsp3) is 0.371. The van der Waals surface area contributed by atoms with Gasteiger partial charge in [-0.25, -0.2) is 19.2 Å². The third-order valence-electron chi connectivity index (χ3n) is 6.82. The zero-order valence-corrected chi connectivity index (χ0v) is 27.6. The fourth-order valence-electron chi connectivity index (χ4n) is 4.50. The summed E-state index contributed by atoms with van der Waals surface area (Å²) < 4.78 is 28.7. The standard InChI is InChI=1S/C35H39NO10S/c1-34(2,3)46-33(41)36-35(4,5)32(40)42-21-25-26(37)27(44-29(38)22-15-9-6-10-16-22)28(45-30(39)23-17-11-7-12-18-23)31(43-25)47-24-19-13-8-14-20-24/h6-20,25-28,31,37H,21H2,1-5H3,(H,36,41)/t25-,26+,27+,28-,31+/m1/s1. The third kappa shape index (κ3) is 10.0. The van der Waals surface area contributed by atoms with E-state index in [9.17, 15) is 24.3 Å². The number of alkyl carbamates (subject to hydrolysis) is 1. The zero-order valence-electron chi connectivity index (χ0n) is 26.8. The maximum atomic E-state index is 13.3. The van der Waals surface area contributed by atoms with Crippen molar-refractivity contribution in [3.05, 3.63) is 102 Å². The molecule has 250 valence electrons. The molecule has 1 aliphatic heterocycles. The van der Waals surface area contributed by atoms with Crippen molar-refractivity contribution >= 4 is 35.8 Å². The Hall–Kier alpha value is -4.39. The molecule has 47 heavy (non-hydrogen) atoms. The molecule has 12 heteroatoms. The molecule has 5 atom stereocenters. The van der Waals surface area contributed by atoms with Gasteiger partial charge in [-0.1, -0.05) is 66.4 Å². The number of hydrogen-bond acceptors (Lipinski definition) is 11. The van der Waals surface area contributed by atoms with Crippen LogP contribution in [0.1, 0.15) is 55.3 Å². The van der Waals surface area contributed by atoms with Crippen LogP contribution < -0.4 is 5.32 Å². The summed E-state index contributed by atoms with van der Waals surface area (Å²) in [5, 5.41) is 14.0. The Morgan fingerprint density at radius 1 is 0.766 bits per heavy atom. The van der Waals surface area contributed by atoms with Gasteiger partial charge in [0.15, 0.2) is 12.2 Å². The largest absolute Gasteiger partial charge is 0.461 e. The number of carbonyl (C=O) groups excluding carboxylic acids is 4. The molecule has 1 amide bonds. The first-order valence-corrected chi connectivity index (χ1v) is 15.9. The first kappa shape index (κ1) is 35.5. The first-order valence-electron chi connectivity index (χ1n) is 15.0. The van der Waals surface area contributed by atoms with E-state index in [1.165, 1.54) is 25.6 Å². The molecule has 0 aromatic heterocycles. The van der Waals surface area contributed by atoms with Crippen LogP contribution in [0.5, 0.6) is 0 Å². The molecule has 2 N–H and O–H groups in total. The number of carbonyl (C=O) groups is 4. The second-order valence-corrected chi connectivity index (χ2v) is 13.5. The summed E-state index contributed by atoms with van der Waals surface area (Å²) in [5.41, 5.74) is -2.85. The molecule has 0 aliphatic carbocycles. The van der Waals surface area contributed by atoms with Crippen molar-refractivity contribution in [3.63, 3.8) is 0 Å².